The average molecular weight is 262 g/mol. The van der Waals surface area contributed by atoms with Crippen molar-refractivity contribution in [1.82, 2.24) is 10.2 Å². The van der Waals surface area contributed by atoms with Gasteiger partial charge in [0.1, 0.15) is 0 Å². The Hall–Kier alpha value is -0.0800. The molecular weight excluding hydrogens is 232 g/mol. The number of hydrogen-bond donors (Lipinski definition) is 1. The number of rotatable bonds is 4. The van der Waals surface area contributed by atoms with Crippen LogP contribution in [0.5, 0.6) is 0 Å². The third-order valence-electron chi connectivity index (χ3n) is 6.50. The first kappa shape index (κ1) is 12.6. The predicted octanol–water partition coefficient (Wildman–Crippen LogP) is 2.74. The number of nitrogens with one attached hydrogen (secondary N) is 1. The molecule has 1 heterocycles. The highest BCUT2D eigenvalue weighted by Crippen LogP contribution is 2.60. The lowest BCUT2D eigenvalue weighted by molar-refractivity contribution is -0.0671. The molecule has 1 N–H and O–H groups in total. The Balaban J connectivity index is 1.38. The van der Waals surface area contributed by atoms with Gasteiger partial charge < -0.3 is 10.2 Å². The second kappa shape index (κ2) is 4.73. The SMILES string of the molecule is CN(CC1CCNC1)CC12CC3CC(CC(C3)C1)C2. The van der Waals surface area contributed by atoms with Crippen LogP contribution < -0.4 is 5.32 Å². The van der Waals surface area contributed by atoms with Crippen LogP contribution in [0.1, 0.15) is 44.9 Å². The van der Waals surface area contributed by atoms with E-state index in [-0.39, 0.29) is 0 Å². The van der Waals surface area contributed by atoms with E-state index in [4.69, 9.17) is 0 Å². The molecule has 0 aromatic heterocycles. The van der Waals surface area contributed by atoms with E-state index < -0.39 is 0 Å². The fraction of sp³-hybridized carbons (Fsp3) is 1.00. The average Bonchev–Trinajstić information content (AvgIpc) is 2.78. The molecule has 5 aliphatic rings. The van der Waals surface area contributed by atoms with Crippen molar-refractivity contribution in [2.24, 2.45) is 29.1 Å². The zero-order valence-electron chi connectivity index (χ0n) is 12.5. The van der Waals surface area contributed by atoms with Crippen LogP contribution >= 0.6 is 0 Å². The Morgan fingerprint density at radius 3 is 2.21 bits per heavy atom. The van der Waals surface area contributed by atoms with E-state index in [1.165, 1.54) is 32.6 Å². The van der Waals surface area contributed by atoms with Gasteiger partial charge in [0.05, 0.1) is 0 Å². The minimum Gasteiger partial charge on any atom is -0.316 e. The van der Waals surface area contributed by atoms with Crippen molar-refractivity contribution in [3.63, 3.8) is 0 Å². The van der Waals surface area contributed by atoms with Crippen molar-refractivity contribution in [3.05, 3.63) is 0 Å². The van der Waals surface area contributed by atoms with Gasteiger partial charge in [-0.15, -0.1) is 0 Å². The molecule has 0 spiro atoms. The van der Waals surface area contributed by atoms with Crippen LogP contribution in [0.25, 0.3) is 0 Å². The van der Waals surface area contributed by atoms with E-state index in [9.17, 15) is 0 Å². The van der Waals surface area contributed by atoms with Gasteiger partial charge in [-0.2, -0.15) is 0 Å². The van der Waals surface area contributed by atoms with Gasteiger partial charge in [0.2, 0.25) is 0 Å². The zero-order chi connectivity index (χ0) is 12.9. The highest BCUT2D eigenvalue weighted by Gasteiger charge is 2.50. The van der Waals surface area contributed by atoms with Crippen LogP contribution in [0.15, 0.2) is 0 Å². The first-order valence-corrected chi connectivity index (χ1v) is 8.60. The Morgan fingerprint density at radius 1 is 1.05 bits per heavy atom. The molecule has 1 aliphatic heterocycles. The third-order valence-corrected chi connectivity index (χ3v) is 6.50. The van der Waals surface area contributed by atoms with Gasteiger partial charge in [0, 0.05) is 13.1 Å². The van der Waals surface area contributed by atoms with E-state index in [1.54, 1.807) is 38.5 Å². The molecule has 1 saturated heterocycles. The van der Waals surface area contributed by atoms with Crippen LogP contribution in [0.2, 0.25) is 0 Å². The standard InChI is InChI=1S/C17H30N2/c1-19(11-13-2-3-18-10-13)12-17-7-14-4-15(8-17)6-16(5-14)9-17/h13-16,18H,2-12H2,1H3. The Kier molecular flexibility index (Phi) is 3.15. The lowest BCUT2D eigenvalue weighted by atomic mass is 9.49. The highest BCUT2D eigenvalue weighted by molar-refractivity contribution is 5.02. The molecule has 0 radical (unpaired) electrons. The molecule has 1 atom stereocenters. The second-order valence-corrected chi connectivity index (χ2v) is 8.47. The number of nitrogens with zero attached hydrogens (tertiary/aromatic N) is 1. The summed E-state index contributed by atoms with van der Waals surface area (Å²) in [6.07, 6.45) is 10.8. The van der Waals surface area contributed by atoms with Gasteiger partial charge in [0.25, 0.3) is 0 Å². The Labute approximate surface area is 118 Å². The largest absolute Gasteiger partial charge is 0.316 e. The van der Waals surface area contributed by atoms with Crippen molar-refractivity contribution in [3.8, 4) is 0 Å². The van der Waals surface area contributed by atoms with Crippen molar-refractivity contribution < 1.29 is 0 Å². The summed E-state index contributed by atoms with van der Waals surface area (Å²) in [4.78, 5) is 2.69. The molecule has 5 fully saturated rings. The van der Waals surface area contributed by atoms with Gasteiger partial charge in [-0.3, -0.25) is 0 Å². The molecule has 0 aromatic carbocycles. The molecule has 4 aliphatic carbocycles. The summed E-state index contributed by atoms with van der Waals surface area (Å²) in [6, 6.07) is 0. The van der Waals surface area contributed by atoms with E-state index in [1.807, 2.05) is 0 Å². The summed E-state index contributed by atoms with van der Waals surface area (Å²) >= 11 is 0. The molecule has 108 valence electrons. The maximum absolute atomic E-state index is 3.51. The van der Waals surface area contributed by atoms with Crippen molar-refractivity contribution in [1.29, 1.82) is 0 Å². The van der Waals surface area contributed by atoms with Gasteiger partial charge in [-0.05, 0) is 94.2 Å². The fourth-order valence-electron chi connectivity index (χ4n) is 6.43. The predicted molar refractivity (Wildman–Crippen MR) is 79.1 cm³/mol. The summed E-state index contributed by atoms with van der Waals surface area (Å²) in [5.41, 5.74) is 0.732. The maximum Gasteiger partial charge on any atom is 0.00354 e. The smallest absolute Gasteiger partial charge is 0.00354 e. The van der Waals surface area contributed by atoms with Crippen molar-refractivity contribution >= 4 is 0 Å². The highest BCUT2D eigenvalue weighted by atomic mass is 15.1. The van der Waals surface area contributed by atoms with Crippen LogP contribution in [-0.2, 0) is 0 Å². The Bertz CT molecular complexity index is 297. The lowest BCUT2D eigenvalue weighted by Crippen LogP contribution is -2.51. The quantitative estimate of drug-likeness (QED) is 0.838. The number of hydrogen-bond acceptors (Lipinski definition) is 2. The Morgan fingerprint density at radius 2 is 1.68 bits per heavy atom. The van der Waals surface area contributed by atoms with Gasteiger partial charge in [0.15, 0.2) is 0 Å². The maximum atomic E-state index is 3.51. The van der Waals surface area contributed by atoms with Gasteiger partial charge >= 0.3 is 0 Å². The monoisotopic (exact) mass is 262 g/mol. The molecule has 1 unspecified atom stereocenters. The van der Waals surface area contributed by atoms with E-state index in [0.29, 0.717) is 0 Å². The molecule has 2 nitrogen and oxygen atoms in total. The van der Waals surface area contributed by atoms with Crippen LogP contribution in [-0.4, -0.2) is 38.1 Å². The van der Waals surface area contributed by atoms with E-state index >= 15 is 0 Å². The first-order chi connectivity index (χ1) is 9.21. The summed E-state index contributed by atoms with van der Waals surface area (Å²) in [5, 5.41) is 3.51. The summed E-state index contributed by atoms with van der Waals surface area (Å²) in [7, 11) is 2.39. The van der Waals surface area contributed by atoms with E-state index in [0.717, 1.165) is 29.1 Å². The minimum atomic E-state index is 0.732. The summed E-state index contributed by atoms with van der Waals surface area (Å²) in [6.45, 7) is 5.23. The summed E-state index contributed by atoms with van der Waals surface area (Å²) < 4.78 is 0. The summed E-state index contributed by atoms with van der Waals surface area (Å²) in [5.74, 6) is 4.23. The first-order valence-electron chi connectivity index (χ1n) is 8.60. The molecule has 2 heteroatoms. The minimum absolute atomic E-state index is 0.732. The topological polar surface area (TPSA) is 15.3 Å². The molecule has 0 amide bonds. The molecule has 4 saturated carbocycles. The fourth-order valence-corrected chi connectivity index (χ4v) is 6.43. The second-order valence-electron chi connectivity index (χ2n) is 8.47. The van der Waals surface area contributed by atoms with Crippen LogP contribution in [0.3, 0.4) is 0 Å². The van der Waals surface area contributed by atoms with Crippen LogP contribution in [0.4, 0.5) is 0 Å². The molecular formula is C17H30N2. The van der Waals surface area contributed by atoms with Gasteiger partial charge in [-0.25, -0.2) is 0 Å². The molecule has 0 aromatic rings. The molecule has 19 heavy (non-hydrogen) atoms. The molecule has 4 bridgehead atoms. The normalized spacial score (nSPS) is 48.3. The third kappa shape index (κ3) is 2.47. The molecule has 5 rings (SSSR count). The van der Waals surface area contributed by atoms with E-state index in [2.05, 4.69) is 17.3 Å². The zero-order valence-corrected chi connectivity index (χ0v) is 12.5. The van der Waals surface area contributed by atoms with Crippen molar-refractivity contribution in [2.45, 2.75) is 44.9 Å². The van der Waals surface area contributed by atoms with Crippen molar-refractivity contribution in [2.75, 3.05) is 33.2 Å². The lowest BCUT2D eigenvalue weighted by Gasteiger charge is -2.57. The van der Waals surface area contributed by atoms with Crippen LogP contribution in [0, 0.1) is 29.1 Å². The van der Waals surface area contributed by atoms with Gasteiger partial charge in [-0.1, -0.05) is 0 Å².